The maximum Gasteiger partial charge on any atom is 0.234 e. The zero-order chi connectivity index (χ0) is 15.2. The molecule has 0 aliphatic carbocycles. The Kier molecular flexibility index (Phi) is 5.02. The van der Waals surface area contributed by atoms with Crippen molar-refractivity contribution in [2.45, 2.75) is 18.7 Å². The summed E-state index contributed by atoms with van der Waals surface area (Å²) in [4.78, 5) is 13.1. The van der Waals surface area contributed by atoms with E-state index in [9.17, 15) is 4.79 Å². The highest BCUT2D eigenvalue weighted by molar-refractivity contribution is 8.00. The van der Waals surface area contributed by atoms with Crippen molar-refractivity contribution < 1.29 is 4.79 Å². The lowest BCUT2D eigenvalue weighted by Crippen LogP contribution is -2.14. The van der Waals surface area contributed by atoms with Gasteiger partial charge in [-0.3, -0.25) is 4.79 Å². The number of nitriles is 1. The molecular weight excluding hydrogens is 280 g/mol. The van der Waals surface area contributed by atoms with Gasteiger partial charge in [-0.25, -0.2) is 0 Å². The second-order valence-electron chi connectivity index (χ2n) is 4.76. The molecule has 1 N–H and O–H groups in total. The van der Waals surface area contributed by atoms with Crippen molar-refractivity contribution in [3.05, 3.63) is 59.2 Å². The molecular formula is C17H16N2OS. The minimum absolute atomic E-state index is 0.109. The predicted molar refractivity (Wildman–Crippen MR) is 86.4 cm³/mol. The van der Waals surface area contributed by atoms with Crippen LogP contribution in [0.1, 0.15) is 16.7 Å². The maximum absolute atomic E-state index is 12.0. The van der Waals surface area contributed by atoms with E-state index >= 15 is 0 Å². The first kappa shape index (κ1) is 15.1. The lowest BCUT2D eigenvalue weighted by molar-refractivity contribution is -0.113. The van der Waals surface area contributed by atoms with Crippen LogP contribution in [0.15, 0.2) is 47.4 Å². The highest BCUT2D eigenvalue weighted by atomic mass is 32.2. The molecule has 0 aliphatic rings. The second kappa shape index (κ2) is 6.96. The Balaban J connectivity index is 1.98. The smallest absolute Gasteiger partial charge is 0.234 e. The fourth-order valence-corrected chi connectivity index (χ4v) is 2.79. The molecule has 0 atom stereocenters. The van der Waals surface area contributed by atoms with Crippen molar-refractivity contribution in [3.8, 4) is 6.07 Å². The summed E-state index contributed by atoms with van der Waals surface area (Å²) in [5.41, 5.74) is 3.42. The van der Waals surface area contributed by atoms with Gasteiger partial charge in [0.1, 0.15) is 6.07 Å². The number of anilines is 1. The number of carbonyl (C=O) groups is 1. The Morgan fingerprint density at radius 2 is 2.00 bits per heavy atom. The molecule has 4 heteroatoms. The number of nitrogens with zero attached hydrogens (tertiary/aromatic N) is 1. The van der Waals surface area contributed by atoms with Crippen LogP contribution in [-0.2, 0) is 4.79 Å². The van der Waals surface area contributed by atoms with E-state index in [1.807, 2.05) is 26.0 Å². The third-order valence-electron chi connectivity index (χ3n) is 3.01. The number of thioether (sulfide) groups is 1. The van der Waals surface area contributed by atoms with Crippen LogP contribution in [0.25, 0.3) is 0 Å². The third kappa shape index (κ3) is 4.11. The van der Waals surface area contributed by atoms with Crippen molar-refractivity contribution in [2.75, 3.05) is 11.1 Å². The number of para-hydroxylation sites is 1. The van der Waals surface area contributed by atoms with Gasteiger partial charge in [0.15, 0.2) is 0 Å². The molecule has 0 aromatic heterocycles. The average Bonchev–Trinajstić information content (AvgIpc) is 2.47. The van der Waals surface area contributed by atoms with Gasteiger partial charge in [0.2, 0.25) is 5.91 Å². The molecule has 2 rings (SSSR count). The molecule has 0 unspecified atom stereocenters. The van der Waals surface area contributed by atoms with E-state index in [1.165, 1.54) is 22.9 Å². The fourth-order valence-electron chi connectivity index (χ4n) is 1.98. The Morgan fingerprint density at radius 1 is 1.24 bits per heavy atom. The number of amides is 1. The fraction of sp³-hybridized carbons (Fsp3) is 0.176. The van der Waals surface area contributed by atoms with Crippen molar-refractivity contribution >= 4 is 23.4 Å². The molecule has 0 heterocycles. The SMILES string of the molecule is Cc1ccc(SCC(=O)Nc2ccccc2C#N)c(C)c1. The number of rotatable bonds is 4. The van der Waals surface area contributed by atoms with Gasteiger partial charge in [-0.1, -0.05) is 29.8 Å². The van der Waals surface area contributed by atoms with E-state index in [0.717, 1.165) is 4.90 Å². The number of benzene rings is 2. The van der Waals surface area contributed by atoms with Gasteiger partial charge in [-0.2, -0.15) is 5.26 Å². The molecule has 2 aromatic carbocycles. The largest absolute Gasteiger partial charge is 0.324 e. The Morgan fingerprint density at radius 3 is 2.71 bits per heavy atom. The molecule has 0 fully saturated rings. The molecule has 106 valence electrons. The van der Waals surface area contributed by atoms with Crippen molar-refractivity contribution in [2.24, 2.45) is 0 Å². The molecule has 0 aliphatic heterocycles. The van der Waals surface area contributed by atoms with Gasteiger partial charge in [-0.05, 0) is 37.6 Å². The van der Waals surface area contributed by atoms with Crippen molar-refractivity contribution in [1.82, 2.24) is 0 Å². The average molecular weight is 296 g/mol. The molecule has 0 spiro atoms. The zero-order valence-electron chi connectivity index (χ0n) is 12.0. The molecule has 0 bridgehead atoms. The van der Waals surface area contributed by atoms with E-state index in [4.69, 9.17) is 5.26 Å². The minimum Gasteiger partial charge on any atom is -0.324 e. The van der Waals surface area contributed by atoms with E-state index in [-0.39, 0.29) is 5.91 Å². The first-order chi connectivity index (χ1) is 10.1. The maximum atomic E-state index is 12.0. The van der Waals surface area contributed by atoms with Crippen LogP contribution in [0.4, 0.5) is 5.69 Å². The molecule has 2 aromatic rings. The van der Waals surface area contributed by atoms with Crippen LogP contribution in [0.2, 0.25) is 0 Å². The highest BCUT2D eigenvalue weighted by Gasteiger charge is 2.08. The molecule has 0 saturated carbocycles. The van der Waals surface area contributed by atoms with E-state index < -0.39 is 0 Å². The van der Waals surface area contributed by atoms with Gasteiger partial charge in [0.25, 0.3) is 0 Å². The number of aryl methyl sites for hydroxylation is 2. The van der Waals surface area contributed by atoms with Gasteiger partial charge < -0.3 is 5.32 Å². The monoisotopic (exact) mass is 296 g/mol. The molecule has 0 radical (unpaired) electrons. The summed E-state index contributed by atoms with van der Waals surface area (Å²) in [6.45, 7) is 4.09. The summed E-state index contributed by atoms with van der Waals surface area (Å²) in [5, 5.41) is 11.8. The molecule has 3 nitrogen and oxygen atoms in total. The summed E-state index contributed by atoms with van der Waals surface area (Å²) < 4.78 is 0. The summed E-state index contributed by atoms with van der Waals surface area (Å²) in [6, 6.07) is 15.2. The summed E-state index contributed by atoms with van der Waals surface area (Å²) in [7, 11) is 0. The third-order valence-corrected chi connectivity index (χ3v) is 4.19. The van der Waals surface area contributed by atoms with E-state index in [1.54, 1.807) is 24.3 Å². The predicted octanol–water partition coefficient (Wildman–Crippen LogP) is 3.91. The van der Waals surface area contributed by atoms with Crippen molar-refractivity contribution in [3.63, 3.8) is 0 Å². The van der Waals surface area contributed by atoms with Gasteiger partial charge in [0.05, 0.1) is 17.0 Å². The number of carbonyl (C=O) groups excluding carboxylic acids is 1. The lowest BCUT2D eigenvalue weighted by Gasteiger charge is -2.08. The Labute approximate surface area is 129 Å². The van der Waals surface area contributed by atoms with Crippen LogP contribution in [0.5, 0.6) is 0 Å². The Hall–Kier alpha value is -2.25. The van der Waals surface area contributed by atoms with E-state index in [0.29, 0.717) is 17.0 Å². The molecule has 21 heavy (non-hydrogen) atoms. The molecule has 1 amide bonds. The van der Waals surface area contributed by atoms with Crippen LogP contribution >= 0.6 is 11.8 Å². The first-order valence-corrected chi connectivity index (χ1v) is 7.58. The zero-order valence-corrected chi connectivity index (χ0v) is 12.8. The van der Waals surface area contributed by atoms with Gasteiger partial charge >= 0.3 is 0 Å². The van der Waals surface area contributed by atoms with Crippen LogP contribution in [0, 0.1) is 25.2 Å². The van der Waals surface area contributed by atoms with E-state index in [2.05, 4.69) is 17.5 Å². The minimum atomic E-state index is -0.109. The lowest BCUT2D eigenvalue weighted by atomic mass is 10.2. The summed E-state index contributed by atoms with van der Waals surface area (Å²) in [5.74, 6) is 0.214. The summed E-state index contributed by atoms with van der Waals surface area (Å²) in [6.07, 6.45) is 0. The topological polar surface area (TPSA) is 52.9 Å². The number of hydrogen-bond acceptors (Lipinski definition) is 3. The first-order valence-electron chi connectivity index (χ1n) is 6.59. The number of nitrogens with one attached hydrogen (secondary N) is 1. The summed E-state index contributed by atoms with van der Waals surface area (Å²) >= 11 is 1.50. The highest BCUT2D eigenvalue weighted by Crippen LogP contribution is 2.23. The van der Waals surface area contributed by atoms with Crippen LogP contribution in [-0.4, -0.2) is 11.7 Å². The Bertz CT molecular complexity index is 704. The molecule has 0 saturated heterocycles. The van der Waals surface area contributed by atoms with Gasteiger partial charge in [-0.15, -0.1) is 11.8 Å². The van der Waals surface area contributed by atoms with Gasteiger partial charge in [0, 0.05) is 4.90 Å². The van der Waals surface area contributed by atoms with Crippen LogP contribution in [0.3, 0.4) is 0 Å². The second-order valence-corrected chi connectivity index (χ2v) is 5.78. The normalized spacial score (nSPS) is 9.95. The van der Waals surface area contributed by atoms with Crippen molar-refractivity contribution in [1.29, 1.82) is 5.26 Å². The number of hydrogen-bond donors (Lipinski definition) is 1. The van der Waals surface area contributed by atoms with Crippen LogP contribution < -0.4 is 5.32 Å². The standard InChI is InChI=1S/C17H16N2OS/c1-12-7-8-16(13(2)9-12)21-11-17(20)19-15-6-4-3-5-14(15)10-18/h3-9H,11H2,1-2H3,(H,19,20). The quantitative estimate of drug-likeness (QED) is 0.870.